The molecule has 1 amide bonds. The zero-order chi connectivity index (χ0) is 24.4. The minimum Gasteiger partial charge on any atom is -0.507 e. The summed E-state index contributed by atoms with van der Waals surface area (Å²) in [6.07, 6.45) is 1.65. The summed E-state index contributed by atoms with van der Waals surface area (Å²) in [6.45, 7) is 6.24. The molecule has 0 bridgehead atoms. The lowest BCUT2D eigenvalue weighted by Gasteiger charge is -2.25. The Morgan fingerprint density at radius 1 is 1.09 bits per heavy atom. The zero-order valence-electron chi connectivity index (χ0n) is 19.8. The van der Waals surface area contributed by atoms with Gasteiger partial charge in [0.2, 0.25) is 0 Å². The molecule has 1 aliphatic heterocycles. The molecule has 1 unspecified atom stereocenters. The number of ether oxygens (including phenoxy) is 1. The lowest BCUT2D eigenvalue weighted by molar-refractivity contribution is -0.140. The molecule has 1 saturated heterocycles. The summed E-state index contributed by atoms with van der Waals surface area (Å²) in [7, 11) is 1.50. The Labute approximate surface area is 199 Å². The second-order valence-electron chi connectivity index (χ2n) is 8.77. The fourth-order valence-corrected chi connectivity index (χ4v) is 4.27. The van der Waals surface area contributed by atoms with Crippen molar-refractivity contribution in [3.05, 3.63) is 100 Å². The Morgan fingerprint density at radius 2 is 1.82 bits per heavy atom. The number of hydrogen-bond donors (Lipinski definition) is 1. The van der Waals surface area contributed by atoms with E-state index in [1.807, 2.05) is 49.4 Å². The van der Waals surface area contributed by atoms with Crippen LogP contribution in [0, 0.1) is 6.92 Å². The number of nitrogens with zero attached hydrogens (tertiary/aromatic N) is 2. The van der Waals surface area contributed by atoms with Crippen molar-refractivity contribution in [1.82, 2.24) is 9.88 Å². The monoisotopic (exact) mass is 456 g/mol. The predicted octanol–water partition coefficient (Wildman–Crippen LogP) is 5.14. The highest BCUT2D eigenvalue weighted by molar-refractivity contribution is 6.46. The van der Waals surface area contributed by atoms with Gasteiger partial charge in [-0.15, -0.1) is 0 Å². The van der Waals surface area contributed by atoms with Crippen LogP contribution in [0.5, 0.6) is 5.75 Å². The topological polar surface area (TPSA) is 79.7 Å². The maximum Gasteiger partial charge on any atom is 0.296 e. The molecule has 6 nitrogen and oxygen atoms in total. The van der Waals surface area contributed by atoms with E-state index < -0.39 is 17.7 Å². The third kappa shape index (κ3) is 4.31. The van der Waals surface area contributed by atoms with Crippen LogP contribution in [0.1, 0.15) is 53.8 Å². The van der Waals surface area contributed by atoms with Crippen molar-refractivity contribution < 1.29 is 19.4 Å². The highest BCUT2D eigenvalue weighted by Crippen LogP contribution is 2.42. The van der Waals surface area contributed by atoms with E-state index in [-0.39, 0.29) is 17.9 Å². The fraction of sp³-hybridized carbons (Fsp3) is 0.250. The number of hydrogen-bond acceptors (Lipinski definition) is 5. The van der Waals surface area contributed by atoms with Gasteiger partial charge in [0, 0.05) is 6.20 Å². The SMILES string of the molecule is COc1ccc(C)cc1/C(O)=C1\C(=O)C(=O)N(Cc2ccccn2)C1c1ccc(C(C)C)cc1. The molecule has 1 fully saturated rings. The van der Waals surface area contributed by atoms with Gasteiger partial charge in [-0.1, -0.05) is 55.8 Å². The molecule has 174 valence electrons. The van der Waals surface area contributed by atoms with E-state index in [9.17, 15) is 14.7 Å². The summed E-state index contributed by atoms with van der Waals surface area (Å²) in [6, 6.07) is 17.8. The number of aliphatic hydroxyl groups is 1. The fourth-order valence-electron chi connectivity index (χ4n) is 4.27. The van der Waals surface area contributed by atoms with Gasteiger partial charge in [0.1, 0.15) is 11.5 Å². The molecule has 2 heterocycles. The van der Waals surface area contributed by atoms with E-state index in [2.05, 4.69) is 18.8 Å². The number of pyridine rings is 1. The van der Waals surface area contributed by atoms with Crippen molar-refractivity contribution in [3.63, 3.8) is 0 Å². The van der Waals surface area contributed by atoms with Crippen molar-refractivity contribution in [2.45, 2.75) is 39.3 Å². The minimum atomic E-state index is -0.756. The smallest absolute Gasteiger partial charge is 0.296 e. The number of methoxy groups -OCH3 is 1. The Kier molecular flexibility index (Phi) is 6.50. The number of benzene rings is 2. The molecule has 1 N–H and O–H groups in total. The van der Waals surface area contributed by atoms with Crippen molar-refractivity contribution in [2.24, 2.45) is 0 Å². The number of rotatable bonds is 6. The molecule has 34 heavy (non-hydrogen) atoms. The highest BCUT2D eigenvalue weighted by Gasteiger charge is 2.46. The molecular weight excluding hydrogens is 428 g/mol. The van der Waals surface area contributed by atoms with E-state index in [1.54, 1.807) is 24.4 Å². The molecule has 0 aliphatic carbocycles. The van der Waals surface area contributed by atoms with Crippen LogP contribution in [0.4, 0.5) is 0 Å². The number of aliphatic hydroxyl groups excluding tert-OH is 1. The first kappa shape index (κ1) is 23.2. The number of carbonyl (C=O) groups excluding carboxylic acids is 2. The molecule has 2 aromatic carbocycles. The number of carbonyl (C=O) groups is 2. The molecule has 1 atom stereocenters. The summed E-state index contributed by atoms with van der Waals surface area (Å²) >= 11 is 0. The molecule has 4 rings (SSSR count). The van der Waals surface area contributed by atoms with Gasteiger partial charge in [0.15, 0.2) is 0 Å². The summed E-state index contributed by atoms with van der Waals surface area (Å²) in [5, 5.41) is 11.4. The standard InChI is InChI=1S/C28H28N2O4/c1-17(2)19-9-11-20(12-10-19)25-24(26(31)22-15-18(3)8-13-23(22)34-4)27(32)28(33)30(25)16-21-7-5-6-14-29-21/h5-15,17,25,31H,16H2,1-4H3/b26-24+. The molecule has 0 saturated carbocycles. The van der Waals surface area contributed by atoms with Crippen LogP contribution < -0.4 is 4.74 Å². The van der Waals surface area contributed by atoms with Crippen molar-refractivity contribution >= 4 is 17.4 Å². The summed E-state index contributed by atoms with van der Waals surface area (Å²) in [5.41, 5.74) is 3.85. The average Bonchev–Trinajstić information content (AvgIpc) is 3.09. The first-order valence-corrected chi connectivity index (χ1v) is 11.2. The van der Waals surface area contributed by atoms with Crippen LogP contribution in [-0.2, 0) is 16.1 Å². The van der Waals surface area contributed by atoms with E-state index in [4.69, 9.17) is 4.74 Å². The van der Waals surface area contributed by atoms with Gasteiger partial charge < -0.3 is 14.7 Å². The number of Topliss-reactive ketones (excluding diaryl/α,β-unsaturated/α-hetero) is 1. The third-order valence-corrected chi connectivity index (χ3v) is 6.13. The predicted molar refractivity (Wildman–Crippen MR) is 130 cm³/mol. The lowest BCUT2D eigenvalue weighted by Crippen LogP contribution is -2.29. The number of aryl methyl sites for hydroxylation is 1. The first-order valence-electron chi connectivity index (χ1n) is 11.2. The average molecular weight is 457 g/mol. The Balaban J connectivity index is 1.90. The van der Waals surface area contributed by atoms with Gasteiger partial charge in [-0.05, 0) is 48.2 Å². The molecular formula is C28H28N2O4. The largest absolute Gasteiger partial charge is 0.507 e. The highest BCUT2D eigenvalue weighted by atomic mass is 16.5. The second-order valence-corrected chi connectivity index (χ2v) is 8.77. The molecule has 1 aromatic heterocycles. The number of ketones is 1. The summed E-state index contributed by atoms with van der Waals surface area (Å²) in [4.78, 5) is 32.3. The quantitative estimate of drug-likeness (QED) is 0.315. The van der Waals surface area contributed by atoms with E-state index in [0.717, 1.165) is 16.7 Å². The van der Waals surface area contributed by atoms with Crippen LogP contribution in [-0.4, -0.2) is 33.8 Å². The molecule has 0 radical (unpaired) electrons. The number of likely N-dealkylation sites (tertiary alicyclic amines) is 1. The second kappa shape index (κ2) is 9.51. The molecule has 0 spiro atoms. The van der Waals surface area contributed by atoms with Crippen LogP contribution in [0.3, 0.4) is 0 Å². The van der Waals surface area contributed by atoms with E-state index in [0.29, 0.717) is 22.9 Å². The summed E-state index contributed by atoms with van der Waals surface area (Å²) in [5.74, 6) is -0.884. The van der Waals surface area contributed by atoms with Crippen LogP contribution >= 0.6 is 0 Å². The maximum atomic E-state index is 13.3. The third-order valence-electron chi connectivity index (χ3n) is 6.13. The van der Waals surface area contributed by atoms with Crippen LogP contribution in [0.2, 0.25) is 0 Å². The number of aromatic nitrogens is 1. The Hall–Kier alpha value is -3.93. The van der Waals surface area contributed by atoms with E-state index >= 15 is 0 Å². The normalized spacial score (nSPS) is 17.4. The minimum absolute atomic E-state index is 0.0436. The Bertz CT molecular complexity index is 1250. The number of amides is 1. The van der Waals surface area contributed by atoms with Crippen LogP contribution in [0.15, 0.2) is 72.4 Å². The molecule has 1 aliphatic rings. The van der Waals surface area contributed by atoms with Gasteiger partial charge in [-0.2, -0.15) is 0 Å². The van der Waals surface area contributed by atoms with Gasteiger partial charge >= 0.3 is 0 Å². The van der Waals surface area contributed by atoms with Crippen molar-refractivity contribution in [2.75, 3.05) is 7.11 Å². The maximum absolute atomic E-state index is 13.3. The van der Waals surface area contributed by atoms with Crippen molar-refractivity contribution in [3.8, 4) is 5.75 Å². The van der Waals surface area contributed by atoms with Gasteiger partial charge in [-0.3, -0.25) is 14.6 Å². The van der Waals surface area contributed by atoms with Crippen LogP contribution in [0.25, 0.3) is 5.76 Å². The van der Waals surface area contributed by atoms with Gasteiger partial charge in [0.25, 0.3) is 11.7 Å². The lowest BCUT2D eigenvalue weighted by atomic mass is 9.92. The molecule has 6 heteroatoms. The Morgan fingerprint density at radius 3 is 2.44 bits per heavy atom. The zero-order valence-corrected chi connectivity index (χ0v) is 19.8. The van der Waals surface area contributed by atoms with Gasteiger partial charge in [0.05, 0.1) is 36.5 Å². The van der Waals surface area contributed by atoms with Gasteiger partial charge in [-0.25, -0.2) is 0 Å². The first-order chi connectivity index (χ1) is 16.3. The summed E-state index contributed by atoms with van der Waals surface area (Å²) < 4.78 is 5.43. The van der Waals surface area contributed by atoms with Crippen molar-refractivity contribution in [1.29, 1.82) is 0 Å². The van der Waals surface area contributed by atoms with E-state index in [1.165, 1.54) is 12.0 Å². The molecule has 3 aromatic rings.